The standard InChI is InChI=1S/C11H22N2/c1-12-8-5-10(6-9-12)11-4-3-7-13(11)2/h10-11H,3-9H2,1-2H3. The quantitative estimate of drug-likeness (QED) is 0.605. The highest BCUT2D eigenvalue weighted by molar-refractivity contribution is 4.85. The van der Waals surface area contributed by atoms with Crippen molar-refractivity contribution in [2.45, 2.75) is 31.7 Å². The summed E-state index contributed by atoms with van der Waals surface area (Å²) in [5.41, 5.74) is 0. The molecule has 0 spiro atoms. The Hall–Kier alpha value is -0.0800. The molecule has 1 atom stereocenters. The zero-order valence-corrected chi connectivity index (χ0v) is 9.00. The Morgan fingerprint density at radius 3 is 2.15 bits per heavy atom. The molecule has 2 heterocycles. The maximum absolute atomic E-state index is 2.58. The van der Waals surface area contributed by atoms with Gasteiger partial charge in [-0.25, -0.2) is 0 Å². The van der Waals surface area contributed by atoms with Gasteiger partial charge in [-0.15, -0.1) is 0 Å². The summed E-state index contributed by atoms with van der Waals surface area (Å²) < 4.78 is 0. The lowest BCUT2D eigenvalue weighted by Crippen LogP contribution is -2.40. The third-order valence-corrected chi connectivity index (χ3v) is 3.88. The lowest BCUT2D eigenvalue weighted by molar-refractivity contribution is 0.141. The molecule has 1 unspecified atom stereocenters. The zero-order valence-electron chi connectivity index (χ0n) is 9.00. The van der Waals surface area contributed by atoms with Gasteiger partial charge in [0.05, 0.1) is 0 Å². The molecule has 0 amide bonds. The van der Waals surface area contributed by atoms with Gasteiger partial charge >= 0.3 is 0 Å². The highest BCUT2D eigenvalue weighted by Crippen LogP contribution is 2.29. The molecule has 2 heteroatoms. The van der Waals surface area contributed by atoms with Crippen LogP contribution < -0.4 is 0 Å². The van der Waals surface area contributed by atoms with Gasteiger partial charge in [-0.2, -0.15) is 0 Å². The maximum atomic E-state index is 2.58. The largest absolute Gasteiger partial charge is 0.306 e. The van der Waals surface area contributed by atoms with E-state index in [1.165, 1.54) is 45.3 Å². The molecule has 0 aromatic heterocycles. The summed E-state index contributed by atoms with van der Waals surface area (Å²) in [5.74, 6) is 0.990. The second-order valence-electron chi connectivity index (χ2n) is 4.83. The summed E-state index contributed by atoms with van der Waals surface area (Å²) in [4.78, 5) is 5.04. The fourth-order valence-electron chi connectivity index (χ4n) is 2.94. The molecule has 0 aliphatic carbocycles. The minimum absolute atomic E-state index is 0.911. The molecule has 13 heavy (non-hydrogen) atoms. The van der Waals surface area contributed by atoms with Crippen LogP contribution in [0.1, 0.15) is 25.7 Å². The number of hydrogen-bond donors (Lipinski definition) is 0. The number of rotatable bonds is 1. The summed E-state index contributed by atoms with van der Waals surface area (Å²) in [5, 5.41) is 0. The normalized spacial score (nSPS) is 34.2. The van der Waals surface area contributed by atoms with E-state index in [0.29, 0.717) is 0 Å². The first-order chi connectivity index (χ1) is 6.27. The summed E-state index contributed by atoms with van der Waals surface area (Å²) in [7, 11) is 4.55. The third kappa shape index (κ3) is 2.05. The predicted molar refractivity (Wildman–Crippen MR) is 55.9 cm³/mol. The van der Waals surface area contributed by atoms with E-state index in [0.717, 1.165) is 12.0 Å². The van der Waals surface area contributed by atoms with E-state index in [9.17, 15) is 0 Å². The number of likely N-dealkylation sites (tertiary alicyclic amines) is 2. The van der Waals surface area contributed by atoms with Crippen LogP contribution >= 0.6 is 0 Å². The Bertz CT molecular complexity index is 161. The molecule has 2 aliphatic heterocycles. The first-order valence-electron chi connectivity index (χ1n) is 5.66. The lowest BCUT2D eigenvalue weighted by atomic mass is 9.88. The van der Waals surface area contributed by atoms with Gasteiger partial charge in [0.2, 0.25) is 0 Å². The Labute approximate surface area is 81.9 Å². The van der Waals surface area contributed by atoms with Crippen LogP contribution in [0.25, 0.3) is 0 Å². The van der Waals surface area contributed by atoms with Crippen molar-refractivity contribution in [2.24, 2.45) is 5.92 Å². The van der Waals surface area contributed by atoms with Crippen LogP contribution in [0, 0.1) is 5.92 Å². The van der Waals surface area contributed by atoms with Gasteiger partial charge in [0.1, 0.15) is 0 Å². The number of hydrogen-bond acceptors (Lipinski definition) is 2. The molecule has 2 fully saturated rings. The van der Waals surface area contributed by atoms with Crippen LogP contribution in [0.2, 0.25) is 0 Å². The van der Waals surface area contributed by atoms with E-state index in [1.807, 2.05) is 0 Å². The van der Waals surface area contributed by atoms with Crippen LogP contribution in [0.3, 0.4) is 0 Å². The lowest BCUT2D eigenvalue weighted by Gasteiger charge is -2.35. The second kappa shape index (κ2) is 3.97. The van der Waals surface area contributed by atoms with Gasteiger partial charge in [-0.3, -0.25) is 0 Å². The topological polar surface area (TPSA) is 6.48 Å². The first-order valence-corrected chi connectivity index (χ1v) is 5.66. The van der Waals surface area contributed by atoms with Crippen molar-refractivity contribution < 1.29 is 0 Å². The maximum Gasteiger partial charge on any atom is 0.0122 e. The van der Waals surface area contributed by atoms with Crippen molar-refractivity contribution in [1.29, 1.82) is 0 Å². The van der Waals surface area contributed by atoms with Crippen molar-refractivity contribution in [2.75, 3.05) is 33.7 Å². The van der Waals surface area contributed by atoms with E-state index >= 15 is 0 Å². The van der Waals surface area contributed by atoms with Gasteiger partial charge in [-0.1, -0.05) is 0 Å². The van der Waals surface area contributed by atoms with Crippen molar-refractivity contribution in [3.63, 3.8) is 0 Å². The van der Waals surface area contributed by atoms with E-state index in [-0.39, 0.29) is 0 Å². The summed E-state index contributed by atoms with van der Waals surface area (Å²) in [6, 6.07) is 0.911. The molecule has 0 N–H and O–H groups in total. The molecule has 0 saturated carbocycles. The Morgan fingerprint density at radius 1 is 0.923 bits per heavy atom. The molecule has 2 aliphatic rings. The molecule has 0 aromatic rings. The molecule has 2 saturated heterocycles. The van der Waals surface area contributed by atoms with Crippen LogP contribution in [0.5, 0.6) is 0 Å². The fourth-order valence-corrected chi connectivity index (χ4v) is 2.94. The molecule has 0 aromatic carbocycles. The fraction of sp³-hybridized carbons (Fsp3) is 1.00. The highest BCUT2D eigenvalue weighted by Gasteiger charge is 2.30. The summed E-state index contributed by atoms with van der Waals surface area (Å²) in [6.45, 7) is 3.96. The van der Waals surface area contributed by atoms with E-state index < -0.39 is 0 Å². The van der Waals surface area contributed by atoms with Crippen molar-refractivity contribution in [3.8, 4) is 0 Å². The molecule has 2 rings (SSSR count). The molecule has 2 nitrogen and oxygen atoms in total. The third-order valence-electron chi connectivity index (χ3n) is 3.88. The monoisotopic (exact) mass is 182 g/mol. The van der Waals surface area contributed by atoms with Crippen molar-refractivity contribution >= 4 is 0 Å². The van der Waals surface area contributed by atoms with E-state index in [2.05, 4.69) is 23.9 Å². The first kappa shape index (κ1) is 9.47. The predicted octanol–water partition coefficient (Wildman–Crippen LogP) is 1.42. The van der Waals surface area contributed by atoms with E-state index in [1.54, 1.807) is 0 Å². The number of nitrogens with zero attached hydrogens (tertiary/aromatic N) is 2. The highest BCUT2D eigenvalue weighted by atomic mass is 15.2. The van der Waals surface area contributed by atoms with Gasteiger partial charge < -0.3 is 9.80 Å². The van der Waals surface area contributed by atoms with E-state index in [4.69, 9.17) is 0 Å². The van der Waals surface area contributed by atoms with Gasteiger partial charge in [-0.05, 0) is 65.3 Å². The van der Waals surface area contributed by atoms with Crippen LogP contribution in [0.15, 0.2) is 0 Å². The molecule has 76 valence electrons. The Balaban J connectivity index is 1.86. The smallest absolute Gasteiger partial charge is 0.0122 e. The van der Waals surface area contributed by atoms with Crippen LogP contribution in [-0.2, 0) is 0 Å². The molecular weight excluding hydrogens is 160 g/mol. The Morgan fingerprint density at radius 2 is 1.62 bits per heavy atom. The SMILES string of the molecule is CN1CCC(C2CCCN2C)CC1. The summed E-state index contributed by atoms with van der Waals surface area (Å²) in [6.07, 6.45) is 5.72. The van der Waals surface area contributed by atoms with Gasteiger partial charge in [0.15, 0.2) is 0 Å². The van der Waals surface area contributed by atoms with Crippen LogP contribution in [-0.4, -0.2) is 49.6 Å². The van der Waals surface area contributed by atoms with Crippen LogP contribution in [0.4, 0.5) is 0 Å². The van der Waals surface area contributed by atoms with Gasteiger partial charge in [0.25, 0.3) is 0 Å². The summed E-state index contributed by atoms with van der Waals surface area (Å²) >= 11 is 0. The minimum Gasteiger partial charge on any atom is -0.306 e. The van der Waals surface area contributed by atoms with Crippen molar-refractivity contribution in [1.82, 2.24) is 9.80 Å². The molecule has 0 bridgehead atoms. The Kier molecular flexibility index (Phi) is 2.89. The molecule has 0 radical (unpaired) electrons. The average molecular weight is 182 g/mol. The number of piperidine rings is 1. The van der Waals surface area contributed by atoms with Crippen molar-refractivity contribution in [3.05, 3.63) is 0 Å². The molecular formula is C11H22N2. The average Bonchev–Trinajstić information content (AvgIpc) is 2.53. The second-order valence-corrected chi connectivity index (χ2v) is 4.83. The minimum atomic E-state index is 0.911. The zero-order chi connectivity index (χ0) is 9.26. The van der Waals surface area contributed by atoms with Gasteiger partial charge in [0, 0.05) is 6.04 Å².